The van der Waals surface area contributed by atoms with E-state index in [1.807, 2.05) is 30.5 Å². The van der Waals surface area contributed by atoms with E-state index in [-0.39, 0.29) is 16.9 Å². The molecule has 3 aromatic rings. The van der Waals surface area contributed by atoms with Crippen LogP contribution in [0.15, 0.2) is 47.8 Å². The second-order valence-electron chi connectivity index (χ2n) is 6.79. The molecule has 0 spiro atoms. The van der Waals surface area contributed by atoms with Gasteiger partial charge < -0.3 is 14.8 Å². The molecule has 162 valence electrons. The molecule has 1 heterocycles. The summed E-state index contributed by atoms with van der Waals surface area (Å²) in [4.78, 5) is 28.5. The molecule has 0 bridgehead atoms. The second-order valence-corrected chi connectivity index (χ2v) is 8.98. The van der Waals surface area contributed by atoms with Crippen molar-refractivity contribution in [3.8, 4) is 22.1 Å². The van der Waals surface area contributed by atoms with Crippen LogP contribution < -0.4 is 14.8 Å². The third-order valence-electron chi connectivity index (χ3n) is 4.59. The minimum atomic E-state index is -0.251. The Hall–Kier alpha value is -2.84. The van der Waals surface area contributed by atoms with Crippen LogP contribution in [-0.2, 0) is 10.5 Å². The monoisotopic (exact) mass is 456 g/mol. The van der Waals surface area contributed by atoms with Crippen LogP contribution >= 0.6 is 23.1 Å². The predicted octanol–water partition coefficient (Wildman–Crippen LogP) is 5.29. The Morgan fingerprint density at radius 2 is 1.81 bits per heavy atom. The lowest BCUT2D eigenvalue weighted by atomic mass is 10.1. The van der Waals surface area contributed by atoms with E-state index >= 15 is 0 Å². The lowest BCUT2D eigenvalue weighted by molar-refractivity contribution is -0.115. The number of thiazole rings is 1. The van der Waals surface area contributed by atoms with Gasteiger partial charge in [-0.1, -0.05) is 0 Å². The number of thioether (sulfide) groups is 1. The van der Waals surface area contributed by atoms with Crippen LogP contribution in [0.25, 0.3) is 10.6 Å². The molecule has 0 aliphatic rings. The number of hydrogen-bond acceptors (Lipinski definition) is 7. The topological polar surface area (TPSA) is 77.5 Å². The summed E-state index contributed by atoms with van der Waals surface area (Å²) in [7, 11) is 3.21. The van der Waals surface area contributed by atoms with Gasteiger partial charge in [-0.15, -0.1) is 23.1 Å². The Kier molecular flexibility index (Phi) is 7.70. The van der Waals surface area contributed by atoms with Crippen molar-refractivity contribution in [2.45, 2.75) is 24.9 Å². The van der Waals surface area contributed by atoms with E-state index in [4.69, 9.17) is 14.5 Å². The molecule has 6 nitrogen and oxygen atoms in total. The molecule has 2 aromatic carbocycles. The lowest BCUT2D eigenvalue weighted by Crippen LogP contribution is -2.22. The molecule has 0 saturated carbocycles. The fraction of sp³-hybridized carbons (Fsp3) is 0.261. The van der Waals surface area contributed by atoms with Crippen molar-refractivity contribution in [2.75, 3.05) is 19.5 Å². The number of aromatic nitrogens is 1. The van der Waals surface area contributed by atoms with E-state index in [2.05, 4.69) is 5.32 Å². The number of ether oxygens (including phenoxy) is 2. The quantitative estimate of drug-likeness (QED) is 0.441. The Morgan fingerprint density at radius 1 is 1.10 bits per heavy atom. The van der Waals surface area contributed by atoms with Gasteiger partial charge in [0.05, 0.1) is 25.2 Å². The number of hydrogen-bond donors (Lipinski definition) is 1. The standard InChI is InChI=1S/C23H24N2O4S2/c1-14(26)16-5-8-18(9-6-16)24-22(27)15(2)30-12-19-13-31-23(25-19)17-7-10-20(28-3)21(11-17)29-4/h5-11,13,15H,12H2,1-4H3,(H,24,27). The molecule has 1 amide bonds. The van der Waals surface area contributed by atoms with E-state index in [0.717, 1.165) is 16.3 Å². The van der Waals surface area contributed by atoms with E-state index in [9.17, 15) is 9.59 Å². The van der Waals surface area contributed by atoms with Crippen LogP contribution in [0.3, 0.4) is 0 Å². The Balaban J connectivity index is 1.57. The molecule has 31 heavy (non-hydrogen) atoms. The number of anilines is 1. The van der Waals surface area contributed by atoms with Crippen molar-refractivity contribution in [3.05, 3.63) is 59.1 Å². The molecule has 1 unspecified atom stereocenters. The number of carbonyl (C=O) groups is 2. The molecule has 3 rings (SSSR count). The molecule has 8 heteroatoms. The van der Waals surface area contributed by atoms with Crippen molar-refractivity contribution in [3.63, 3.8) is 0 Å². The summed E-state index contributed by atoms with van der Waals surface area (Å²) in [5.74, 6) is 1.87. The first-order chi connectivity index (χ1) is 14.9. The van der Waals surface area contributed by atoms with Crippen molar-refractivity contribution >= 4 is 40.5 Å². The first-order valence-electron chi connectivity index (χ1n) is 9.61. The van der Waals surface area contributed by atoms with Crippen LogP contribution in [0, 0.1) is 0 Å². The summed E-state index contributed by atoms with van der Waals surface area (Å²) in [6.45, 7) is 3.38. The first kappa shape index (κ1) is 22.8. The zero-order valence-electron chi connectivity index (χ0n) is 17.8. The highest BCUT2D eigenvalue weighted by molar-refractivity contribution is 7.99. The lowest BCUT2D eigenvalue weighted by Gasteiger charge is -2.11. The number of nitrogens with one attached hydrogen (secondary N) is 1. The largest absolute Gasteiger partial charge is 0.493 e. The van der Waals surface area contributed by atoms with Gasteiger partial charge in [0.25, 0.3) is 0 Å². The van der Waals surface area contributed by atoms with Gasteiger partial charge in [0, 0.05) is 27.9 Å². The summed E-state index contributed by atoms with van der Waals surface area (Å²) in [6.07, 6.45) is 0. The summed E-state index contributed by atoms with van der Waals surface area (Å²) >= 11 is 3.07. The number of nitrogens with zero attached hydrogens (tertiary/aromatic N) is 1. The molecule has 1 aromatic heterocycles. The van der Waals surface area contributed by atoms with Crippen molar-refractivity contribution in [1.29, 1.82) is 0 Å². The highest BCUT2D eigenvalue weighted by Crippen LogP contribution is 2.34. The maximum absolute atomic E-state index is 12.5. The summed E-state index contributed by atoms with van der Waals surface area (Å²) < 4.78 is 10.6. The number of methoxy groups -OCH3 is 2. The number of ketones is 1. The molecular formula is C23H24N2O4S2. The van der Waals surface area contributed by atoms with Crippen molar-refractivity contribution in [2.24, 2.45) is 0 Å². The Bertz CT molecular complexity index is 1060. The highest BCUT2D eigenvalue weighted by atomic mass is 32.2. The van der Waals surface area contributed by atoms with E-state index < -0.39 is 0 Å². The Labute approximate surface area is 190 Å². The number of benzene rings is 2. The molecule has 0 radical (unpaired) electrons. The van der Waals surface area contributed by atoms with Crippen LogP contribution in [-0.4, -0.2) is 36.1 Å². The van der Waals surface area contributed by atoms with Gasteiger partial charge in [-0.25, -0.2) is 4.98 Å². The minimum Gasteiger partial charge on any atom is -0.493 e. The zero-order chi connectivity index (χ0) is 22.4. The predicted molar refractivity (Wildman–Crippen MR) is 126 cm³/mol. The third kappa shape index (κ3) is 5.86. The molecular weight excluding hydrogens is 432 g/mol. The number of amides is 1. The van der Waals surface area contributed by atoms with Crippen LogP contribution in [0.1, 0.15) is 29.9 Å². The second kappa shape index (κ2) is 10.5. The molecule has 0 saturated heterocycles. The maximum atomic E-state index is 12.5. The van der Waals surface area contributed by atoms with Gasteiger partial charge in [-0.2, -0.15) is 0 Å². The van der Waals surface area contributed by atoms with Gasteiger partial charge in [-0.3, -0.25) is 9.59 Å². The normalized spacial score (nSPS) is 11.6. The average molecular weight is 457 g/mol. The summed E-state index contributed by atoms with van der Waals surface area (Å²) in [5, 5.41) is 5.53. The molecule has 1 atom stereocenters. The fourth-order valence-corrected chi connectivity index (χ4v) is 4.49. The first-order valence-corrected chi connectivity index (χ1v) is 11.5. The van der Waals surface area contributed by atoms with Crippen LogP contribution in [0.4, 0.5) is 5.69 Å². The maximum Gasteiger partial charge on any atom is 0.237 e. The van der Waals surface area contributed by atoms with Gasteiger partial charge in [0.1, 0.15) is 5.01 Å². The summed E-state index contributed by atoms with van der Waals surface area (Å²) in [5.41, 5.74) is 3.17. The van der Waals surface area contributed by atoms with Gasteiger partial charge in [0.15, 0.2) is 17.3 Å². The molecule has 0 fully saturated rings. The molecule has 0 aliphatic heterocycles. The van der Waals surface area contributed by atoms with E-state index in [1.165, 1.54) is 18.7 Å². The molecule has 0 aliphatic carbocycles. The van der Waals surface area contributed by atoms with Gasteiger partial charge >= 0.3 is 0 Å². The SMILES string of the molecule is COc1ccc(-c2nc(CSC(C)C(=O)Nc3ccc(C(C)=O)cc3)cs2)cc1OC. The van der Waals surface area contributed by atoms with Crippen LogP contribution in [0.2, 0.25) is 0 Å². The fourth-order valence-electron chi connectivity index (χ4n) is 2.79. The Morgan fingerprint density at radius 3 is 2.45 bits per heavy atom. The summed E-state index contributed by atoms with van der Waals surface area (Å²) in [6, 6.07) is 12.6. The molecule has 1 N–H and O–H groups in total. The average Bonchev–Trinajstić information content (AvgIpc) is 3.26. The van der Waals surface area contributed by atoms with E-state index in [0.29, 0.717) is 28.5 Å². The number of rotatable bonds is 9. The minimum absolute atomic E-state index is 0.00230. The highest BCUT2D eigenvalue weighted by Gasteiger charge is 2.16. The van der Waals surface area contributed by atoms with Crippen molar-refractivity contribution < 1.29 is 19.1 Å². The number of Topliss-reactive ketones (excluding diaryl/α,β-unsaturated/α-hetero) is 1. The zero-order valence-corrected chi connectivity index (χ0v) is 19.4. The van der Waals surface area contributed by atoms with Crippen molar-refractivity contribution in [1.82, 2.24) is 4.98 Å². The van der Waals surface area contributed by atoms with Gasteiger partial charge in [-0.05, 0) is 56.3 Å². The van der Waals surface area contributed by atoms with E-state index in [1.54, 1.807) is 49.8 Å². The smallest absolute Gasteiger partial charge is 0.237 e. The van der Waals surface area contributed by atoms with Crippen LogP contribution in [0.5, 0.6) is 11.5 Å². The number of carbonyl (C=O) groups excluding carboxylic acids is 2. The third-order valence-corrected chi connectivity index (χ3v) is 6.71. The van der Waals surface area contributed by atoms with Gasteiger partial charge in [0.2, 0.25) is 5.91 Å².